The fourth-order valence-corrected chi connectivity index (χ4v) is 4.82. The SMILES string of the molecule is COc1cc(C=C2CCCN3C2=NOC3(CO)c2ccc(F)cc2)ccc1-c1cnc(SC)nc1. The van der Waals surface area contributed by atoms with Crippen molar-refractivity contribution in [1.82, 2.24) is 14.9 Å². The van der Waals surface area contributed by atoms with E-state index in [-0.39, 0.29) is 12.4 Å². The molecule has 35 heavy (non-hydrogen) atoms. The standard InChI is InChI=1S/C26H25FN4O3S/c1-33-23-13-17(5-10-22(23)19-14-28-25(35-2)29-15-19)12-18-4-3-11-31-24(18)30-34-26(31,16-32)20-6-8-21(27)9-7-20/h5-10,12-15,32H,3-4,11,16H2,1-2H3. The summed E-state index contributed by atoms with van der Waals surface area (Å²) in [6.07, 6.45) is 9.27. The molecule has 2 aliphatic heterocycles. The van der Waals surface area contributed by atoms with Crippen molar-refractivity contribution < 1.29 is 19.1 Å². The fourth-order valence-electron chi connectivity index (χ4n) is 4.51. The number of methoxy groups -OCH3 is 1. The van der Waals surface area contributed by atoms with Crippen molar-refractivity contribution in [3.8, 4) is 16.9 Å². The number of aliphatic hydroxyl groups excluding tert-OH is 1. The number of hydrogen-bond donors (Lipinski definition) is 1. The average molecular weight is 493 g/mol. The third-order valence-electron chi connectivity index (χ3n) is 6.29. The van der Waals surface area contributed by atoms with Crippen LogP contribution in [-0.4, -0.2) is 52.3 Å². The number of amidine groups is 1. The van der Waals surface area contributed by atoms with Gasteiger partial charge < -0.3 is 19.6 Å². The molecule has 1 unspecified atom stereocenters. The van der Waals surface area contributed by atoms with E-state index >= 15 is 0 Å². The minimum atomic E-state index is -1.16. The van der Waals surface area contributed by atoms with E-state index in [1.807, 2.05) is 29.4 Å². The minimum Gasteiger partial charge on any atom is -0.496 e. The van der Waals surface area contributed by atoms with E-state index in [0.717, 1.165) is 40.3 Å². The highest BCUT2D eigenvalue weighted by molar-refractivity contribution is 7.98. The number of halogens is 1. The third kappa shape index (κ3) is 4.26. The molecule has 2 aliphatic rings. The topological polar surface area (TPSA) is 80.1 Å². The molecule has 3 heterocycles. The third-order valence-corrected chi connectivity index (χ3v) is 6.86. The summed E-state index contributed by atoms with van der Waals surface area (Å²) in [5.74, 6) is 1.05. The van der Waals surface area contributed by atoms with Gasteiger partial charge in [0.25, 0.3) is 5.72 Å². The Hall–Kier alpha value is -3.43. The molecule has 7 nitrogen and oxygen atoms in total. The number of thioether (sulfide) groups is 1. The molecule has 0 radical (unpaired) electrons. The van der Waals surface area contributed by atoms with Gasteiger partial charge in [0.1, 0.15) is 18.2 Å². The van der Waals surface area contributed by atoms with Crippen LogP contribution in [0.4, 0.5) is 4.39 Å². The van der Waals surface area contributed by atoms with E-state index in [2.05, 4.69) is 21.2 Å². The van der Waals surface area contributed by atoms with Gasteiger partial charge in [-0.2, -0.15) is 0 Å². The van der Waals surface area contributed by atoms with Crippen LogP contribution >= 0.6 is 11.8 Å². The number of piperidine rings is 1. The Morgan fingerprint density at radius 1 is 1.20 bits per heavy atom. The molecule has 1 fully saturated rings. The first-order chi connectivity index (χ1) is 17.1. The average Bonchev–Trinajstić information content (AvgIpc) is 3.30. The molecule has 0 saturated carbocycles. The fraction of sp³-hybridized carbons (Fsp3) is 0.269. The van der Waals surface area contributed by atoms with E-state index < -0.39 is 5.72 Å². The molecule has 1 saturated heterocycles. The van der Waals surface area contributed by atoms with Crippen molar-refractivity contribution in [3.05, 3.63) is 77.4 Å². The highest BCUT2D eigenvalue weighted by Crippen LogP contribution is 2.40. The van der Waals surface area contributed by atoms with E-state index in [9.17, 15) is 9.50 Å². The van der Waals surface area contributed by atoms with Crippen molar-refractivity contribution in [2.45, 2.75) is 23.7 Å². The van der Waals surface area contributed by atoms with Gasteiger partial charge in [0.2, 0.25) is 0 Å². The summed E-state index contributed by atoms with van der Waals surface area (Å²) >= 11 is 1.49. The molecule has 1 atom stereocenters. The van der Waals surface area contributed by atoms with Crippen LogP contribution in [0.5, 0.6) is 5.75 Å². The van der Waals surface area contributed by atoms with Crippen LogP contribution in [0.15, 0.2) is 70.7 Å². The van der Waals surface area contributed by atoms with Crippen LogP contribution < -0.4 is 4.74 Å². The van der Waals surface area contributed by atoms with Crippen LogP contribution in [-0.2, 0) is 10.6 Å². The summed E-state index contributed by atoms with van der Waals surface area (Å²) < 4.78 is 19.2. The molecule has 1 aromatic heterocycles. The van der Waals surface area contributed by atoms with Gasteiger partial charge in [-0.05, 0) is 72.7 Å². The molecule has 9 heteroatoms. The highest BCUT2D eigenvalue weighted by atomic mass is 32.2. The smallest absolute Gasteiger partial charge is 0.260 e. The highest BCUT2D eigenvalue weighted by Gasteiger charge is 2.49. The quantitative estimate of drug-likeness (QED) is 0.395. The molecule has 1 N–H and O–H groups in total. The zero-order valence-corrected chi connectivity index (χ0v) is 20.3. The first-order valence-electron chi connectivity index (χ1n) is 11.2. The van der Waals surface area contributed by atoms with Crippen molar-refractivity contribution >= 4 is 23.7 Å². The summed E-state index contributed by atoms with van der Waals surface area (Å²) in [5.41, 5.74) is 3.23. The Morgan fingerprint density at radius 2 is 1.97 bits per heavy atom. The molecule has 3 aromatic rings. The lowest BCUT2D eigenvalue weighted by molar-refractivity contribution is -0.137. The van der Waals surface area contributed by atoms with Gasteiger partial charge in [-0.3, -0.25) is 0 Å². The normalized spacial score (nSPS) is 20.4. The Morgan fingerprint density at radius 3 is 2.66 bits per heavy atom. The van der Waals surface area contributed by atoms with Gasteiger partial charge in [-0.1, -0.05) is 23.0 Å². The second-order valence-electron chi connectivity index (χ2n) is 8.30. The number of benzene rings is 2. The number of hydrogen-bond acceptors (Lipinski definition) is 8. The van der Waals surface area contributed by atoms with Gasteiger partial charge in [0.05, 0.1) is 7.11 Å². The molecular formula is C26H25FN4O3S. The molecule has 0 aliphatic carbocycles. The van der Waals surface area contributed by atoms with Gasteiger partial charge in [-0.25, -0.2) is 14.4 Å². The monoisotopic (exact) mass is 492 g/mol. The number of aliphatic hydroxyl groups is 1. The van der Waals surface area contributed by atoms with E-state index in [1.165, 1.54) is 23.9 Å². The molecule has 180 valence electrons. The number of ether oxygens (including phenoxy) is 1. The van der Waals surface area contributed by atoms with Gasteiger partial charge in [0, 0.05) is 35.6 Å². The lowest BCUT2D eigenvalue weighted by Gasteiger charge is -2.38. The van der Waals surface area contributed by atoms with Crippen LogP contribution in [0.2, 0.25) is 0 Å². The van der Waals surface area contributed by atoms with Crippen LogP contribution in [0, 0.1) is 5.82 Å². The van der Waals surface area contributed by atoms with Gasteiger partial charge >= 0.3 is 0 Å². The van der Waals surface area contributed by atoms with Crippen molar-refractivity contribution in [3.63, 3.8) is 0 Å². The Bertz CT molecular complexity index is 1280. The molecular weight excluding hydrogens is 467 g/mol. The Balaban J connectivity index is 1.45. The van der Waals surface area contributed by atoms with Gasteiger partial charge in [-0.15, -0.1) is 0 Å². The predicted octanol–water partition coefficient (Wildman–Crippen LogP) is 4.68. The second-order valence-corrected chi connectivity index (χ2v) is 9.07. The maximum absolute atomic E-state index is 13.5. The number of fused-ring (bicyclic) bond motifs is 1. The van der Waals surface area contributed by atoms with E-state index in [0.29, 0.717) is 23.7 Å². The first kappa shape index (κ1) is 23.3. The summed E-state index contributed by atoms with van der Waals surface area (Å²) in [5, 5.41) is 15.4. The van der Waals surface area contributed by atoms with E-state index in [1.54, 1.807) is 31.6 Å². The first-order valence-corrected chi connectivity index (χ1v) is 12.5. The van der Waals surface area contributed by atoms with Crippen LogP contribution in [0.3, 0.4) is 0 Å². The number of aromatic nitrogens is 2. The van der Waals surface area contributed by atoms with Crippen LogP contribution in [0.1, 0.15) is 24.0 Å². The Labute approximate surface area is 207 Å². The number of rotatable bonds is 6. The van der Waals surface area contributed by atoms with Crippen molar-refractivity contribution in [2.75, 3.05) is 26.5 Å². The zero-order chi connectivity index (χ0) is 24.4. The summed E-state index contributed by atoms with van der Waals surface area (Å²) in [4.78, 5) is 16.5. The summed E-state index contributed by atoms with van der Waals surface area (Å²) in [7, 11) is 1.64. The minimum absolute atomic E-state index is 0.307. The van der Waals surface area contributed by atoms with Crippen LogP contribution in [0.25, 0.3) is 17.2 Å². The molecule has 0 amide bonds. The summed E-state index contributed by atoms with van der Waals surface area (Å²) in [6, 6.07) is 12.0. The molecule has 0 bridgehead atoms. The van der Waals surface area contributed by atoms with Crippen molar-refractivity contribution in [1.29, 1.82) is 0 Å². The predicted molar refractivity (Wildman–Crippen MR) is 133 cm³/mol. The van der Waals surface area contributed by atoms with Gasteiger partial charge in [0.15, 0.2) is 11.0 Å². The lowest BCUT2D eigenvalue weighted by atomic mass is 9.94. The van der Waals surface area contributed by atoms with Crippen molar-refractivity contribution in [2.24, 2.45) is 5.16 Å². The number of oxime groups is 1. The molecule has 2 aromatic carbocycles. The molecule has 0 spiro atoms. The largest absolute Gasteiger partial charge is 0.496 e. The maximum Gasteiger partial charge on any atom is 0.260 e. The summed E-state index contributed by atoms with van der Waals surface area (Å²) in [6.45, 7) is 0.362. The zero-order valence-electron chi connectivity index (χ0n) is 19.4. The number of nitrogens with zero attached hydrogens (tertiary/aromatic N) is 4. The second kappa shape index (κ2) is 9.67. The maximum atomic E-state index is 13.5. The Kier molecular flexibility index (Phi) is 6.44. The molecule has 5 rings (SSSR count). The lowest BCUT2D eigenvalue weighted by Crippen LogP contribution is -2.51. The van der Waals surface area contributed by atoms with E-state index in [4.69, 9.17) is 9.57 Å².